The van der Waals surface area contributed by atoms with E-state index in [2.05, 4.69) is 9.80 Å². The predicted octanol–water partition coefficient (Wildman–Crippen LogP) is 7.44. The van der Waals surface area contributed by atoms with Gasteiger partial charge in [-0.3, -0.25) is 9.80 Å². The summed E-state index contributed by atoms with van der Waals surface area (Å²) >= 11 is 0. The second-order valence-corrected chi connectivity index (χ2v) is 14.9. The van der Waals surface area contributed by atoms with E-state index in [0.29, 0.717) is 63.2 Å². The number of hydrogen-bond acceptors (Lipinski definition) is 5. The van der Waals surface area contributed by atoms with E-state index in [-0.39, 0.29) is 31.1 Å². The average molecular weight is 751 g/mol. The van der Waals surface area contributed by atoms with E-state index in [4.69, 9.17) is 0 Å². The number of alkyl halides is 6. The molecule has 0 aromatic heterocycles. The van der Waals surface area contributed by atoms with Crippen molar-refractivity contribution in [2.24, 2.45) is 11.8 Å². The van der Waals surface area contributed by atoms with Crippen molar-refractivity contribution >= 4 is 6.03 Å². The number of hydrogen-bond donors (Lipinski definition) is 2. The highest BCUT2D eigenvalue weighted by molar-refractivity contribution is 5.77. The molecule has 0 spiro atoms. The Kier molecular flexibility index (Phi) is 9.48. The Bertz CT molecular complexity index is 1860. The first kappa shape index (κ1) is 36.5. The lowest BCUT2D eigenvalue weighted by Crippen LogP contribution is -2.62. The molecule has 4 aliphatic rings. The highest BCUT2D eigenvalue weighted by atomic mass is 19.4. The normalized spacial score (nSPS) is 21.3. The van der Waals surface area contributed by atoms with E-state index in [1.807, 2.05) is 46.2 Å². The summed E-state index contributed by atoms with van der Waals surface area (Å²) in [6, 6.07) is 21.6. The summed E-state index contributed by atoms with van der Waals surface area (Å²) in [6.07, 6.45) is -8.70. The molecule has 4 heterocycles. The van der Waals surface area contributed by atoms with E-state index in [0.717, 1.165) is 57.6 Å². The molecule has 54 heavy (non-hydrogen) atoms. The second kappa shape index (κ2) is 14.0. The summed E-state index contributed by atoms with van der Waals surface area (Å²) in [6.45, 7) is 3.17. The summed E-state index contributed by atoms with van der Waals surface area (Å²) in [7, 11) is 0. The molecule has 0 saturated carbocycles. The van der Waals surface area contributed by atoms with Crippen molar-refractivity contribution in [2.75, 3.05) is 52.5 Å². The lowest BCUT2D eigenvalue weighted by Gasteiger charge is -2.54. The number of halogens is 6. The predicted molar refractivity (Wildman–Crippen MR) is 190 cm³/mol. The zero-order valence-corrected chi connectivity index (χ0v) is 29.3. The molecule has 2 unspecified atom stereocenters. The highest BCUT2D eigenvalue weighted by Gasteiger charge is 2.46. The Labute approximate surface area is 309 Å². The minimum atomic E-state index is -4.45. The van der Waals surface area contributed by atoms with Gasteiger partial charge < -0.3 is 20.0 Å². The molecular weight excluding hydrogens is 710 g/mol. The van der Waals surface area contributed by atoms with Gasteiger partial charge in [-0.2, -0.15) is 26.3 Å². The number of aliphatic hydroxyl groups is 2. The molecule has 4 aliphatic heterocycles. The van der Waals surface area contributed by atoms with Crippen LogP contribution in [0.4, 0.5) is 31.1 Å². The number of nitrogens with zero attached hydrogens (tertiary/aromatic N) is 4. The monoisotopic (exact) mass is 750 g/mol. The van der Waals surface area contributed by atoms with Gasteiger partial charge in [-0.05, 0) is 93.7 Å². The molecular formula is C41H40F6N4O3. The summed E-state index contributed by atoms with van der Waals surface area (Å²) in [4.78, 5) is 23.1. The molecule has 2 atom stereocenters. The van der Waals surface area contributed by atoms with Crippen LogP contribution in [-0.2, 0) is 25.2 Å². The average Bonchev–Trinajstić information content (AvgIpc) is 3.12. The van der Waals surface area contributed by atoms with Gasteiger partial charge in [0, 0.05) is 64.3 Å². The molecule has 2 fully saturated rings. The Hall–Kier alpha value is -4.43. The molecule has 2 amide bonds. The minimum absolute atomic E-state index is 0.0167. The molecule has 284 valence electrons. The van der Waals surface area contributed by atoms with Crippen LogP contribution in [0.1, 0.15) is 45.7 Å². The van der Waals surface area contributed by atoms with Crippen LogP contribution in [0.15, 0.2) is 84.9 Å². The van der Waals surface area contributed by atoms with Gasteiger partial charge in [-0.15, -0.1) is 0 Å². The van der Waals surface area contributed by atoms with Crippen molar-refractivity contribution in [3.63, 3.8) is 0 Å². The van der Waals surface area contributed by atoms with Crippen LogP contribution in [-0.4, -0.2) is 88.3 Å². The van der Waals surface area contributed by atoms with Gasteiger partial charge >= 0.3 is 18.4 Å². The van der Waals surface area contributed by atoms with Crippen LogP contribution in [0.3, 0.4) is 0 Å². The van der Waals surface area contributed by atoms with Crippen LogP contribution in [0.5, 0.6) is 0 Å². The third kappa shape index (κ3) is 6.76. The van der Waals surface area contributed by atoms with Crippen LogP contribution < -0.4 is 0 Å². The number of benzene rings is 4. The number of carbonyl (C=O) groups is 1. The molecule has 4 aromatic carbocycles. The fraction of sp³-hybridized carbons (Fsp3) is 0.390. The number of amides is 2. The standard InChI is InChI=1S/C41H40F6N4O3/c42-40(43,44)33-9-5-27(6-10-33)31-3-1-29-13-15-50(37(35(29)17-31)48-19-25(20-48)23-52)39(54)51-16-14-30-2-4-32(28-7-11-34(12-8-28)41(45,46)47)18-36(30)38(51)49-21-26(22-49)24-53/h1-12,17-18,25-26,37-38,52-53H,13-16,19-24H2. The number of likely N-dealkylation sites (tertiary alicyclic amines) is 2. The van der Waals surface area contributed by atoms with Crippen molar-refractivity contribution in [2.45, 2.75) is 37.5 Å². The third-order valence-electron chi connectivity index (χ3n) is 11.4. The highest BCUT2D eigenvalue weighted by Crippen LogP contribution is 2.44. The van der Waals surface area contributed by atoms with Gasteiger partial charge in [0.25, 0.3) is 0 Å². The van der Waals surface area contributed by atoms with Crippen LogP contribution >= 0.6 is 0 Å². The van der Waals surface area contributed by atoms with E-state index < -0.39 is 35.8 Å². The fourth-order valence-corrected chi connectivity index (χ4v) is 8.45. The first-order chi connectivity index (χ1) is 25.8. The van der Waals surface area contributed by atoms with Gasteiger partial charge in [-0.1, -0.05) is 48.5 Å². The molecule has 8 rings (SSSR count). The Balaban J connectivity index is 1.14. The number of carbonyl (C=O) groups excluding carboxylic acids is 1. The molecule has 4 aromatic rings. The summed E-state index contributed by atoms with van der Waals surface area (Å²) in [5, 5.41) is 19.8. The van der Waals surface area contributed by atoms with Gasteiger partial charge in [0.05, 0.1) is 11.1 Å². The van der Waals surface area contributed by atoms with Gasteiger partial charge in [0.15, 0.2) is 0 Å². The molecule has 0 bridgehead atoms. The van der Waals surface area contributed by atoms with E-state index >= 15 is 4.79 Å². The summed E-state index contributed by atoms with van der Waals surface area (Å²) in [5.74, 6) is 0.111. The third-order valence-corrected chi connectivity index (χ3v) is 11.4. The topological polar surface area (TPSA) is 70.5 Å². The van der Waals surface area contributed by atoms with Crippen molar-refractivity contribution in [1.82, 2.24) is 19.6 Å². The van der Waals surface area contributed by atoms with Gasteiger partial charge in [-0.25, -0.2) is 4.79 Å². The maximum absolute atomic E-state index is 15.0. The molecule has 13 heteroatoms. The first-order valence-corrected chi connectivity index (χ1v) is 18.2. The van der Waals surface area contributed by atoms with Crippen molar-refractivity contribution in [3.8, 4) is 22.3 Å². The Morgan fingerprint density at radius 1 is 0.556 bits per heavy atom. The SMILES string of the molecule is O=C(N1CCc2ccc(-c3ccc(C(F)(F)F)cc3)cc2C1N1CC(CO)C1)N1CCc2ccc(-c3ccc(C(F)(F)F)cc3)cc2C1N1CC(CO)C1. The number of urea groups is 1. The lowest BCUT2D eigenvalue weighted by molar-refractivity contribution is -0.138. The minimum Gasteiger partial charge on any atom is -0.396 e. The number of rotatable bonds is 6. The Morgan fingerprint density at radius 3 is 1.24 bits per heavy atom. The molecule has 2 N–H and O–H groups in total. The van der Waals surface area contributed by atoms with Crippen LogP contribution in [0.25, 0.3) is 22.3 Å². The van der Waals surface area contributed by atoms with Crippen molar-refractivity contribution in [3.05, 3.63) is 118 Å². The fourth-order valence-electron chi connectivity index (χ4n) is 8.45. The summed E-state index contributed by atoms with van der Waals surface area (Å²) in [5.41, 5.74) is 5.13. The lowest BCUT2D eigenvalue weighted by atomic mass is 9.88. The summed E-state index contributed by atoms with van der Waals surface area (Å²) < 4.78 is 79.9. The Morgan fingerprint density at radius 2 is 0.907 bits per heavy atom. The zero-order valence-electron chi connectivity index (χ0n) is 29.3. The van der Waals surface area contributed by atoms with Gasteiger partial charge in [0.1, 0.15) is 12.3 Å². The van der Waals surface area contributed by atoms with Crippen LogP contribution in [0, 0.1) is 11.8 Å². The van der Waals surface area contributed by atoms with E-state index in [1.165, 1.54) is 24.3 Å². The van der Waals surface area contributed by atoms with E-state index in [1.54, 1.807) is 0 Å². The molecule has 0 aliphatic carbocycles. The quantitative estimate of drug-likeness (QED) is 0.201. The van der Waals surface area contributed by atoms with E-state index in [9.17, 15) is 36.6 Å². The maximum Gasteiger partial charge on any atom is 0.416 e. The number of fused-ring (bicyclic) bond motifs is 2. The number of aliphatic hydroxyl groups excluding tert-OH is 2. The van der Waals surface area contributed by atoms with Gasteiger partial charge in [0.2, 0.25) is 0 Å². The first-order valence-electron chi connectivity index (χ1n) is 18.2. The molecule has 2 saturated heterocycles. The zero-order chi connectivity index (χ0) is 37.9. The largest absolute Gasteiger partial charge is 0.416 e. The molecule has 7 nitrogen and oxygen atoms in total. The second-order valence-electron chi connectivity index (χ2n) is 14.9. The van der Waals surface area contributed by atoms with Crippen LogP contribution in [0.2, 0.25) is 0 Å². The maximum atomic E-state index is 15.0. The smallest absolute Gasteiger partial charge is 0.396 e. The van der Waals surface area contributed by atoms with Crippen molar-refractivity contribution in [1.29, 1.82) is 0 Å². The van der Waals surface area contributed by atoms with Crippen molar-refractivity contribution < 1.29 is 41.4 Å². The molecule has 0 radical (unpaired) electrons.